The van der Waals surface area contributed by atoms with Crippen molar-refractivity contribution >= 4 is 20.5 Å². The van der Waals surface area contributed by atoms with Crippen molar-refractivity contribution in [2.24, 2.45) is 0 Å². The number of rotatable bonds is 6. The van der Waals surface area contributed by atoms with Crippen LogP contribution in [0.3, 0.4) is 0 Å². The molecule has 24 heavy (non-hydrogen) atoms. The van der Waals surface area contributed by atoms with Crippen LogP contribution in [0.4, 0.5) is 0 Å². The third-order valence-corrected chi connectivity index (χ3v) is 9.79. The molecular weight excluding hydrogens is 318 g/mol. The molecule has 1 saturated heterocycles. The number of hydrogen-bond acceptors (Lipinski definition) is 3. The van der Waals surface area contributed by atoms with E-state index >= 15 is 0 Å². The molecule has 4 nitrogen and oxygen atoms in total. The van der Waals surface area contributed by atoms with E-state index in [1.165, 1.54) is 0 Å². The van der Waals surface area contributed by atoms with Gasteiger partial charge in [-0.05, 0) is 30.1 Å². The molecule has 0 radical (unpaired) electrons. The molecule has 1 aromatic carbocycles. The number of hydrogen-bond donors (Lipinski definition) is 0. The first-order chi connectivity index (χ1) is 11.2. The highest BCUT2D eigenvalue weighted by molar-refractivity contribution is 6.74. The van der Waals surface area contributed by atoms with Gasteiger partial charge in [-0.25, -0.2) is 0 Å². The van der Waals surface area contributed by atoms with Gasteiger partial charge in [0.1, 0.15) is 12.4 Å². The second kappa shape index (κ2) is 7.19. The molecule has 1 amide bonds. The van der Waals surface area contributed by atoms with Crippen LogP contribution in [0.1, 0.15) is 39.2 Å². The van der Waals surface area contributed by atoms with Gasteiger partial charge in [-0.2, -0.15) is 0 Å². The van der Waals surface area contributed by atoms with E-state index in [0.29, 0.717) is 19.4 Å². The molecule has 0 unspecified atom stereocenters. The lowest BCUT2D eigenvalue weighted by atomic mass is 10.1. The predicted molar refractivity (Wildman–Crippen MR) is 98.1 cm³/mol. The van der Waals surface area contributed by atoms with Crippen molar-refractivity contribution in [2.75, 3.05) is 0 Å². The van der Waals surface area contributed by atoms with Crippen molar-refractivity contribution in [3.05, 3.63) is 35.9 Å². The van der Waals surface area contributed by atoms with Crippen molar-refractivity contribution in [3.63, 3.8) is 0 Å². The quantitative estimate of drug-likeness (QED) is 0.581. The first kappa shape index (κ1) is 18.9. The Bertz CT molecular complexity index is 580. The Morgan fingerprint density at radius 1 is 1.29 bits per heavy atom. The largest absolute Gasteiger partial charge is 0.405 e. The first-order valence-corrected chi connectivity index (χ1v) is 11.5. The fourth-order valence-corrected chi connectivity index (χ4v) is 4.04. The van der Waals surface area contributed by atoms with E-state index in [-0.39, 0.29) is 17.0 Å². The molecule has 2 atom stereocenters. The van der Waals surface area contributed by atoms with Crippen LogP contribution in [-0.2, 0) is 20.6 Å². The predicted octanol–water partition coefficient (Wildman–Crippen LogP) is 3.77. The summed E-state index contributed by atoms with van der Waals surface area (Å²) in [6.45, 7) is 11.3. The van der Waals surface area contributed by atoms with Crippen LogP contribution in [0.2, 0.25) is 18.1 Å². The topological polar surface area (TPSA) is 46.6 Å². The lowest BCUT2D eigenvalue weighted by Crippen LogP contribution is -2.51. The molecule has 0 aliphatic carbocycles. The summed E-state index contributed by atoms with van der Waals surface area (Å²) < 4.78 is 6.33. The minimum Gasteiger partial charge on any atom is -0.405 e. The summed E-state index contributed by atoms with van der Waals surface area (Å²) in [6, 6.07) is 9.74. The van der Waals surface area contributed by atoms with E-state index in [4.69, 9.17) is 4.43 Å². The van der Waals surface area contributed by atoms with E-state index in [9.17, 15) is 9.59 Å². The molecule has 0 N–H and O–H groups in total. The average molecular weight is 348 g/mol. The molecule has 0 spiro atoms. The van der Waals surface area contributed by atoms with Crippen LogP contribution in [0.25, 0.3) is 0 Å². The average Bonchev–Trinajstić information content (AvgIpc) is 2.86. The number of amides is 1. The maximum Gasteiger partial charge on any atom is 0.223 e. The molecule has 1 aliphatic heterocycles. The van der Waals surface area contributed by atoms with Gasteiger partial charge < -0.3 is 14.1 Å². The van der Waals surface area contributed by atoms with Crippen molar-refractivity contribution in [1.82, 2.24) is 4.90 Å². The Morgan fingerprint density at radius 3 is 2.46 bits per heavy atom. The highest BCUT2D eigenvalue weighted by Crippen LogP contribution is 2.38. The molecular formula is C19H29NO3Si. The van der Waals surface area contributed by atoms with Crippen molar-refractivity contribution in [3.8, 4) is 0 Å². The van der Waals surface area contributed by atoms with E-state index in [1.807, 2.05) is 35.2 Å². The zero-order valence-corrected chi connectivity index (χ0v) is 16.4. The molecule has 2 rings (SSSR count). The van der Waals surface area contributed by atoms with E-state index in [0.717, 1.165) is 11.8 Å². The summed E-state index contributed by atoms with van der Waals surface area (Å²) in [4.78, 5) is 25.9. The summed E-state index contributed by atoms with van der Waals surface area (Å²) >= 11 is 0. The first-order valence-electron chi connectivity index (χ1n) is 8.62. The molecule has 132 valence electrons. The Hall–Kier alpha value is -1.46. The van der Waals surface area contributed by atoms with E-state index < -0.39 is 14.4 Å². The molecule has 0 bridgehead atoms. The molecule has 1 fully saturated rings. The molecule has 1 aliphatic rings. The van der Waals surface area contributed by atoms with Crippen LogP contribution < -0.4 is 0 Å². The summed E-state index contributed by atoms with van der Waals surface area (Å²) in [5.74, 6) is 0.106. The lowest BCUT2D eigenvalue weighted by molar-refractivity contribution is -0.132. The number of likely N-dealkylation sites (tertiary alicyclic amines) is 1. The van der Waals surface area contributed by atoms with Crippen molar-refractivity contribution < 1.29 is 14.0 Å². The second-order valence-corrected chi connectivity index (χ2v) is 12.8. The van der Waals surface area contributed by atoms with E-state index in [1.54, 1.807) is 0 Å². The summed E-state index contributed by atoms with van der Waals surface area (Å²) in [7, 11) is -2.07. The molecule has 0 saturated carbocycles. The number of aldehydes is 1. The fourth-order valence-electron chi connectivity index (χ4n) is 2.80. The Labute approximate surface area is 146 Å². The summed E-state index contributed by atoms with van der Waals surface area (Å²) in [5, 5.41) is 0.0289. The standard InChI is InChI=1S/C19H29NO3Si/c1-19(2,3)24(4,5)23-17(14-21)16-11-12-18(22)20(16)13-15-9-7-6-8-10-15/h6-10,14,16-17H,11-13H2,1-5H3/t16-,17-/m1/s1. The van der Waals surface area contributed by atoms with Crippen LogP contribution in [0, 0.1) is 0 Å². The van der Waals surface area contributed by atoms with E-state index in [2.05, 4.69) is 33.9 Å². The number of carbonyl (C=O) groups excluding carboxylic acids is 2. The number of nitrogens with zero attached hydrogens (tertiary/aromatic N) is 1. The van der Waals surface area contributed by atoms with Gasteiger partial charge in [-0.3, -0.25) is 4.79 Å². The van der Waals surface area contributed by atoms with Crippen LogP contribution >= 0.6 is 0 Å². The highest BCUT2D eigenvalue weighted by atomic mass is 28.4. The molecule has 1 aromatic rings. The van der Waals surface area contributed by atoms with Gasteiger partial charge in [0, 0.05) is 13.0 Å². The normalized spacial score (nSPS) is 20.3. The number of benzene rings is 1. The monoisotopic (exact) mass is 347 g/mol. The van der Waals surface area contributed by atoms with Crippen LogP contribution in [0.5, 0.6) is 0 Å². The minimum absolute atomic E-state index is 0.0289. The molecule has 0 aromatic heterocycles. The summed E-state index contributed by atoms with van der Waals surface area (Å²) in [5.41, 5.74) is 1.08. The summed E-state index contributed by atoms with van der Waals surface area (Å²) in [6.07, 6.45) is 1.52. The van der Waals surface area contributed by atoms with Gasteiger partial charge in [0.25, 0.3) is 0 Å². The van der Waals surface area contributed by atoms with Crippen LogP contribution in [0.15, 0.2) is 30.3 Å². The molecule has 5 heteroatoms. The third kappa shape index (κ3) is 4.14. The smallest absolute Gasteiger partial charge is 0.223 e. The molecule has 1 heterocycles. The zero-order valence-electron chi connectivity index (χ0n) is 15.4. The van der Waals surface area contributed by atoms with Gasteiger partial charge in [0.05, 0.1) is 6.04 Å². The zero-order chi connectivity index (χ0) is 18.0. The fraction of sp³-hybridized carbons (Fsp3) is 0.579. The van der Waals surface area contributed by atoms with Crippen molar-refractivity contribution in [1.29, 1.82) is 0 Å². The Kier molecular flexibility index (Phi) is 5.66. The van der Waals surface area contributed by atoms with Gasteiger partial charge in [0.2, 0.25) is 5.91 Å². The minimum atomic E-state index is -2.07. The Balaban J connectivity index is 2.17. The third-order valence-electron chi connectivity index (χ3n) is 5.32. The SMILES string of the molecule is CC(C)(C)[Si](C)(C)O[C@H](C=O)[C@H]1CCC(=O)N1Cc1ccccc1. The maximum atomic E-state index is 12.3. The van der Waals surface area contributed by atoms with Gasteiger partial charge in [-0.1, -0.05) is 51.1 Å². The van der Waals surface area contributed by atoms with Gasteiger partial charge in [0.15, 0.2) is 8.32 Å². The van der Waals surface area contributed by atoms with Crippen LogP contribution in [-0.4, -0.2) is 37.6 Å². The van der Waals surface area contributed by atoms with Gasteiger partial charge in [-0.15, -0.1) is 0 Å². The second-order valence-electron chi connectivity index (χ2n) is 8.09. The highest BCUT2D eigenvalue weighted by Gasteiger charge is 2.44. The van der Waals surface area contributed by atoms with Crippen molar-refractivity contribution in [2.45, 2.75) is 70.4 Å². The maximum absolute atomic E-state index is 12.3. The Morgan fingerprint density at radius 2 is 1.92 bits per heavy atom. The van der Waals surface area contributed by atoms with Gasteiger partial charge >= 0.3 is 0 Å². The number of carbonyl (C=O) groups is 2. The lowest BCUT2D eigenvalue weighted by Gasteiger charge is -2.40.